The molecule has 162 valence electrons. The maximum atomic E-state index is 11.3. The average molecular weight is 409 g/mol. The third kappa shape index (κ3) is 6.65. The smallest absolute Gasteiger partial charge is 0.335 e. The molecule has 28 heavy (non-hydrogen) atoms. The molecule has 0 unspecified atom stereocenters. The standard InChI is InChI=1S/C12H21NO5.C4H6O6/c1-4-15-9(14)6-16-8-5-7(13)10-11(8)18-12(2,3)17-10;5-1(3(7)8)2(6)4(9)10/h7-8,10-11H,4-6,13H2,1-3H3;1-2,5-6H,(H,7,8)(H,9,10)/t7-,8+,10+,11-;1-,2-/m11/s1. The summed E-state index contributed by atoms with van der Waals surface area (Å²) in [4.78, 5) is 30.8. The SMILES string of the molecule is CCOC(=O)CO[C@H]1C[C@@H](N)[C@@H]2OC(C)(C)O[C@@H]21.O=C(O)[C@H](O)[C@@H](O)C(=O)O. The summed E-state index contributed by atoms with van der Waals surface area (Å²) in [6, 6.07) is -0.121. The van der Waals surface area contributed by atoms with Crippen LogP contribution in [0.5, 0.6) is 0 Å². The number of carbonyl (C=O) groups is 3. The van der Waals surface area contributed by atoms with E-state index in [9.17, 15) is 14.4 Å². The predicted molar refractivity (Wildman–Crippen MR) is 90.1 cm³/mol. The van der Waals surface area contributed by atoms with Crippen LogP contribution >= 0.6 is 0 Å². The van der Waals surface area contributed by atoms with Gasteiger partial charge in [0.2, 0.25) is 0 Å². The summed E-state index contributed by atoms with van der Waals surface area (Å²) in [5.41, 5.74) is 6.00. The Morgan fingerprint density at radius 1 is 1.11 bits per heavy atom. The van der Waals surface area contributed by atoms with Crippen molar-refractivity contribution in [3.05, 3.63) is 0 Å². The summed E-state index contributed by atoms with van der Waals surface area (Å²) in [6.45, 7) is 5.74. The van der Waals surface area contributed by atoms with Crippen molar-refractivity contribution < 1.29 is 53.8 Å². The Morgan fingerprint density at radius 3 is 2.07 bits per heavy atom. The molecule has 0 aromatic heterocycles. The van der Waals surface area contributed by atoms with E-state index in [4.69, 9.17) is 45.1 Å². The van der Waals surface area contributed by atoms with Gasteiger partial charge in [0.25, 0.3) is 0 Å². The van der Waals surface area contributed by atoms with Gasteiger partial charge in [-0.1, -0.05) is 0 Å². The van der Waals surface area contributed by atoms with Gasteiger partial charge >= 0.3 is 17.9 Å². The maximum Gasteiger partial charge on any atom is 0.335 e. The number of esters is 1. The Labute approximate surface area is 161 Å². The van der Waals surface area contributed by atoms with Gasteiger partial charge in [-0.05, 0) is 27.2 Å². The second-order valence-electron chi connectivity index (χ2n) is 6.68. The lowest BCUT2D eigenvalue weighted by Crippen LogP contribution is -2.39. The zero-order valence-corrected chi connectivity index (χ0v) is 15.8. The number of aliphatic hydroxyl groups excluding tert-OH is 2. The quantitative estimate of drug-likeness (QED) is 0.292. The monoisotopic (exact) mass is 409 g/mol. The molecule has 0 aromatic rings. The van der Waals surface area contributed by atoms with Crippen LogP contribution in [-0.4, -0.2) is 93.9 Å². The van der Waals surface area contributed by atoms with Crippen LogP contribution in [0.1, 0.15) is 27.2 Å². The van der Waals surface area contributed by atoms with Crippen molar-refractivity contribution in [2.75, 3.05) is 13.2 Å². The molecule has 6 N–H and O–H groups in total. The van der Waals surface area contributed by atoms with Crippen LogP contribution in [0.15, 0.2) is 0 Å². The molecule has 0 bridgehead atoms. The first-order valence-electron chi connectivity index (χ1n) is 8.59. The largest absolute Gasteiger partial charge is 0.479 e. The van der Waals surface area contributed by atoms with Crippen molar-refractivity contribution in [2.45, 2.75) is 69.5 Å². The van der Waals surface area contributed by atoms with Crippen LogP contribution in [0, 0.1) is 0 Å². The van der Waals surface area contributed by atoms with Crippen LogP contribution in [0.3, 0.4) is 0 Å². The molecular formula is C16H27NO11. The van der Waals surface area contributed by atoms with E-state index in [0.717, 1.165) is 0 Å². The highest BCUT2D eigenvalue weighted by Gasteiger charge is 2.53. The number of hydrogen-bond acceptors (Lipinski definition) is 10. The number of nitrogens with two attached hydrogens (primary N) is 1. The zero-order valence-electron chi connectivity index (χ0n) is 15.8. The number of aliphatic hydroxyl groups is 2. The summed E-state index contributed by atoms with van der Waals surface area (Å²) in [5.74, 6) is -4.55. The van der Waals surface area contributed by atoms with Gasteiger partial charge in [-0.25, -0.2) is 14.4 Å². The molecule has 1 saturated heterocycles. The normalized spacial score (nSPS) is 29.8. The molecule has 0 aromatic carbocycles. The number of ether oxygens (including phenoxy) is 4. The fourth-order valence-corrected chi connectivity index (χ4v) is 2.78. The fourth-order valence-electron chi connectivity index (χ4n) is 2.78. The molecule has 12 nitrogen and oxygen atoms in total. The molecule has 2 rings (SSSR count). The first-order chi connectivity index (χ1) is 12.9. The second kappa shape index (κ2) is 10.1. The van der Waals surface area contributed by atoms with E-state index in [1.54, 1.807) is 6.92 Å². The predicted octanol–water partition coefficient (Wildman–Crippen LogP) is -1.94. The molecule has 0 radical (unpaired) electrons. The number of carboxylic acid groups (broad SMARTS) is 2. The van der Waals surface area contributed by atoms with Crippen molar-refractivity contribution in [3.63, 3.8) is 0 Å². The molecule has 1 aliphatic carbocycles. The van der Waals surface area contributed by atoms with Gasteiger partial charge in [0.15, 0.2) is 18.0 Å². The van der Waals surface area contributed by atoms with E-state index < -0.39 is 29.9 Å². The highest BCUT2D eigenvalue weighted by Crippen LogP contribution is 2.38. The summed E-state index contributed by atoms with van der Waals surface area (Å²) < 4.78 is 21.8. The van der Waals surface area contributed by atoms with Crippen LogP contribution < -0.4 is 5.73 Å². The van der Waals surface area contributed by atoms with Gasteiger partial charge in [0.1, 0.15) is 18.8 Å². The lowest BCUT2D eigenvalue weighted by molar-refractivity contribution is -0.172. The average Bonchev–Trinajstić information content (AvgIpc) is 3.06. The molecule has 0 amide bonds. The Balaban J connectivity index is 0.000000336. The van der Waals surface area contributed by atoms with Crippen LogP contribution in [0.4, 0.5) is 0 Å². The molecule has 2 aliphatic rings. The maximum absolute atomic E-state index is 11.3. The van der Waals surface area contributed by atoms with Gasteiger partial charge < -0.3 is 45.1 Å². The van der Waals surface area contributed by atoms with Gasteiger partial charge in [0.05, 0.1) is 12.7 Å². The van der Waals surface area contributed by atoms with Gasteiger partial charge in [-0.2, -0.15) is 0 Å². The Hall–Kier alpha value is -1.83. The van der Waals surface area contributed by atoms with Crippen molar-refractivity contribution >= 4 is 17.9 Å². The van der Waals surface area contributed by atoms with Crippen molar-refractivity contribution in [1.82, 2.24) is 0 Å². The van der Waals surface area contributed by atoms with Gasteiger partial charge in [-0.15, -0.1) is 0 Å². The first-order valence-corrected chi connectivity index (χ1v) is 8.59. The Morgan fingerprint density at radius 2 is 1.61 bits per heavy atom. The third-order valence-corrected chi connectivity index (χ3v) is 3.98. The van der Waals surface area contributed by atoms with E-state index in [1.165, 1.54) is 0 Å². The van der Waals surface area contributed by atoms with Crippen molar-refractivity contribution in [1.29, 1.82) is 0 Å². The molecular weight excluding hydrogens is 382 g/mol. The highest BCUT2D eigenvalue weighted by molar-refractivity contribution is 5.83. The molecule has 1 aliphatic heterocycles. The third-order valence-electron chi connectivity index (χ3n) is 3.98. The fraction of sp³-hybridized carbons (Fsp3) is 0.812. The van der Waals surface area contributed by atoms with E-state index in [-0.39, 0.29) is 36.9 Å². The lowest BCUT2D eigenvalue weighted by Gasteiger charge is -2.22. The van der Waals surface area contributed by atoms with Gasteiger partial charge in [-0.3, -0.25) is 0 Å². The number of carbonyl (C=O) groups excluding carboxylic acids is 1. The minimum Gasteiger partial charge on any atom is -0.479 e. The topological polar surface area (TPSA) is 195 Å². The van der Waals surface area contributed by atoms with Crippen LogP contribution in [0.25, 0.3) is 0 Å². The molecule has 1 saturated carbocycles. The van der Waals surface area contributed by atoms with E-state index >= 15 is 0 Å². The number of aliphatic carboxylic acids is 2. The van der Waals surface area contributed by atoms with E-state index in [2.05, 4.69) is 0 Å². The van der Waals surface area contributed by atoms with Gasteiger partial charge in [0, 0.05) is 6.04 Å². The zero-order chi connectivity index (χ0) is 21.6. The van der Waals surface area contributed by atoms with Crippen molar-refractivity contribution in [3.8, 4) is 0 Å². The summed E-state index contributed by atoms with van der Waals surface area (Å²) >= 11 is 0. The molecule has 12 heteroatoms. The minimum absolute atomic E-state index is 0.0712. The molecule has 0 spiro atoms. The summed E-state index contributed by atoms with van der Waals surface area (Å²) in [6.07, 6.45) is -4.48. The van der Waals surface area contributed by atoms with Crippen LogP contribution in [-0.2, 0) is 33.3 Å². The van der Waals surface area contributed by atoms with Crippen LogP contribution in [0.2, 0.25) is 0 Å². The number of rotatable bonds is 7. The van der Waals surface area contributed by atoms with Crippen molar-refractivity contribution in [2.24, 2.45) is 5.73 Å². The van der Waals surface area contributed by atoms with E-state index in [1.807, 2.05) is 13.8 Å². The number of fused-ring (bicyclic) bond motifs is 1. The van der Waals surface area contributed by atoms with E-state index in [0.29, 0.717) is 13.0 Å². The Kier molecular flexibility index (Phi) is 8.73. The minimum atomic E-state index is -2.27. The summed E-state index contributed by atoms with van der Waals surface area (Å²) in [5, 5.41) is 32.5. The molecule has 2 fully saturated rings. The first kappa shape index (κ1) is 24.2. The number of carboxylic acids is 2. The Bertz CT molecular complexity index is 549. The lowest BCUT2D eigenvalue weighted by atomic mass is 10.2. The molecule has 1 heterocycles. The summed E-state index contributed by atoms with van der Waals surface area (Å²) in [7, 11) is 0. The second-order valence-corrected chi connectivity index (χ2v) is 6.68. The number of hydrogen-bond donors (Lipinski definition) is 5. The molecule has 6 atom stereocenters. The highest BCUT2D eigenvalue weighted by atomic mass is 16.8.